The van der Waals surface area contributed by atoms with Crippen molar-refractivity contribution < 1.29 is 9.47 Å². The number of hydrogen-bond acceptors (Lipinski definition) is 4. The van der Waals surface area contributed by atoms with Crippen molar-refractivity contribution in [3.8, 4) is 22.8 Å². The Labute approximate surface area is 112 Å². The molecule has 1 aliphatic heterocycles. The molecule has 94 valence electrons. The minimum Gasteiger partial charge on any atom is -0.489 e. The van der Waals surface area contributed by atoms with Gasteiger partial charge in [0.1, 0.15) is 5.82 Å². The van der Waals surface area contributed by atoms with Gasteiger partial charge in [-0.1, -0.05) is 0 Å². The lowest BCUT2D eigenvalue weighted by Crippen LogP contribution is -1.98. The topological polar surface area (TPSA) is 73.2 Å². The van der Waals surface area contributed by atoms with Gasteiger partial charge < -0.3 is 15.2 Å². The van der Waals surface area contributed by atoms with Crippen molar-refractivity contribution in [3.63, 3.8) is 0 Å². The molecule has 1 aliphatic rings. The molecule has 18 heavy (non-hydrogen) atoms. The average Bonchev–Trinajstić information content (AvgIpc) is 2.64. The number of rotatable bonds is 1. The van der Waals surface area contributed by atoms with Crippen LogP contribution in [-0.4, -0.2) is 23.4 Å². The second-order valence-corrected chi connectivity index (χ2v) is 4.86. The van der Waals surface area contributed by atoms with Gasteiger partial charge in [0.25, 0.3) is 0 Å². The van der Waals surface area contributed by atoms with Gasteiger partial charge in [-0.2, -0.15) is 5.10 Å². The fourth-order valence-electron chi connectivity index (χ4n) is 1.91. The molecule has 0 aliphatic carbocycles. The molecular formula is C12H12BrN3O2. The van der Waals surface area contributed by atoms with Gasteiger partial charge in [-0.15, -0.1) is 0 Å². The van der Waals surface area contributed by atoms with Crippen LogP contribution in [-0.2, 0) is 0 Å². The number of hydrogen-bond donors (Lipinski definition) is 2. The van der Waals surface area contributed by atoms with Crippen molar-refractivity contribution >= 4 is 21.7 Å². The maximum atomic E-state index is 5.78. The summed E-state index contributed by atoms with van der Waals surface area (Å²) in [7, 11) is 0. The third-order valence-electron chi connectivity index (χ3n) is 2.73. The highest BCUT2D eigenvalue weighted by molar-refractivity contribution is 9.10. The van der Waals surface area contributed by atoms with E-state index >= 15 is 0 Å². The third-order valence-corrected chi connectivity index (χ3v) is 3.36. The Morgan fingerprint density at radius 1 is 1.22 bits per heavy atom. The molecule has 0 atom stereocenters. The number of ether oxygens (including phenoxy) is 2. The van der Waals surface area contributed by atoms with Crippen LogP contribution >= 0.6 is 15.9 Å². The largest absolute Gasteiger partial charge is 0.489 e. The summed E-state index contributed by atoms with van der Waals surface area (Å²) in [5, 5.41) is 6.82. The number of nitrogen functional groups attached to an aromatic ring is 1. The zero-order valence-electron chi connectivity index (χ0n) is 9.57. The van der Waals surface area contributed by atoms with E-state index in [4.69, 9.17) is 15.2 Å². The van der Waals surface area contributed by atoms with Crippen molar-refractivity contribution in [3.05, 3.63) is 22.7 Å². The summed E-state index contributed by atoms with van der Waals surface area (Å²) in [6.07, 6.45) is 0.867. The SMILES string of the molecule is Nc1cc(-c2ccc(Br)c3c2OCCCO3)[nH]n1. The Morgan fingerprint density at radius 3 is 2.72 bits per heavy atom. The van der Waals surface area contributed by atoms with Crippen LogP contribution in [0.15, 0.2) is 22.7 Å². The van der Waals surface area contributed by atoms with Gasteiger partial charge in [-0.3, -0.25) is 5.10 Å². The molecule has 0 spiro atoms. The van der Waals surface area contributed by atoms with Crippen LogP contribution in [0, 0.1) is 0 Å². The molecule has 0 amide bonds. The first-order valence-corrected chi connectivity index (χ1v) is 6.44. The summed E-state index contributed by atoms with van der Waals surface area (Å²) < 4.78 is 12.4. The first-order valence-electron chi connectivity index (χ1n) is 5.65. The van der Waals surface area contributed by atoms with E-state index in [0.29, 0.717) is 19.0 Å². The second-order valence-electron chi connectivity index (χ2n) is 4.01. The summed E-state index contributed by atoms with van der Waals surface area (Å²) in [5.74, 6) is 1.92. The Hall–Kier alpha value is -1.69. The number of H-pyrrole nitrogens is 1. The zero-order valence-corrected chi connectivity index (χ0v) is 11.2. The Bertz CT molecular complexity index is 583. The molecular weight excluding hydrogens is 298 g/mol. The number of nitrogens with zero attached hydrogens (tertiary/aromatic N) is 1. The van der Waals surface area contributed by atoms with Crippen LogP contribution in [0.25, 0.3) is 11.3 Å². The molecule has 0 saturated heterocycles. The molecule has 3 N–H and O–H groups in total. The van der Waals surface area contributed by atoms with Gasteiger partial charge in [0.15, 0.2) is 11.5 Å². The van der Waals surface area contributed by atoms with Crippen molar-refractivity contribution in [2.24, 2.45) is 0 Å². The quantitative estimate of drug-likeness (QED) is 0.849. The Balaban J connectivity index is 2.15. The van der Waals surface area contributed by atoms with Gasteiger partial charge >= 0.3 is 0 Å². The minimum atomic E-state index is 0.455. The highest BCUT2D eigenvalue weighted by atomic mass is 79.9. The molecule has 0 fully saturated rings. The molecule has 0 radical (unpaired) electrons. The lowest BCUT2D eigenvalue weighted by Gasteiger charge is -2.12. The van der Waals surface area contributed by atoms with E-state index in [9.17, 15) is 0 Å². The van der Waals surface area contributed by atoms with Gasteiger partial charge in [-0.25, -0.2) is 0 Å². The molecule has 0 saturated carbocycles. The molecule has 2 heterocycles. The molecule has 3 rings (SSSR count). The van der Waals surface area contributed by atoms with Crippen LogP contribution in [0.1, 0.15) is 6.42 Å². The van der Waals surface area contributed by atoms with E-state index < -0.39 is 0 Å². The number of nitrogens with two attached hydrogens (primary N) is 1. The minimum absolute atomic E-state index is 0.455. The van der Waals surface area contributed by atoms with Crippen LogP contribution in [0.4, 0.5) is 5.82 Å². The Morgan fingerprint density at radius 2 is 2.00 bits per heavy atom. The highest BCUT2D eigenvalue weighted by Crippen LogP contribution is 2.43. The summed E-state index contributed by atoms with van der Waals surface area (Å²) in [5.41, 5.74) is 7.35. The third kappa shape index (κ3) is 1.92. The number of aromatic nitrogens is 2. The van der Waals surface area contributed by atoms with E-state index in [1.54, 1.807) is 6.07 Å². The van der Waals surface area contributed by atoms with E-state index in [1.165, 1.54) is 0 Å². The van der Waals surface area contributed by atoms with Gasteiger partial charge in [-0.05, 0) is 28.1 Å². The van der Waals surface area contributed by atoms with Gasteiger partial charge in [0.05, 0.1) is 23.4 Å². The predicted octanol–water partition coefficient (Wildman–Crippen LogP) is 2.58. The zero-order chi connectivity index (χ0) is 12.5. The molecule has 0 unspecified atom stereocenters. The van der Waals surface area contributed by atoms with Crippen LogP contribution in [0.3, 0.4) is 0 Å². The maximum absolute atomic E-state index is 5.78. The van der Waals surface area contributed by atoms with Crippen molar-refractivity contribution in [1.29, 1.82) is 0 Å². The van der Waals surface area contributed by atoms with E-state index in [-0.39, 0.29) is 0 Å². The van der Waals surface area contributed by atoms with Gasteiger partial charge in [0.2, 0.25) is 0 Å². The normalized spacial score (nSPS) is 14.3. The second kappa shape index (κ2) is 4.53. The smallest absolute Gasteiger partial charge is 0.176 e. The maximum Gasteiger partial charge on any atom is 0.176 e. The summed E-state index contributed by atoms with van der Waals surface area (Å²) in [6, 6.07) is 5.65. The highest BCUT2D eigenvalue weighted by Gasteiger charge is 2.19. The number of anilines is 1. The van der Waals surface area contributed by atoms with Crippen LogP contribution in [0.5, 0.6) is 11.5 Å². The predicted molar refractivity (Wildman–Crippen MR) is 71.7 cm³/mol. The molecule has 0 bridgehead atoms. The fraction of sp³-hybridized carbons (Fsp3) is 0.250. The van der Waals surface area contributed by atoms with Crippen molar-refractivity contribution in [2.45, 2.75) is 6.42 Å². The number of benzene rings is 1. The fourth-order valence-corrected chi connectivity index (χ4v) is 2.34. The van der Waals surface area contributed by atoms with E-state index in [0.717, 1.165) is 33.6 Å². The molecule has 6 heteroatoms. The van der Waals surface area contributed by atoms with E-state index in [1.807, 2.05) is 12.1 Å². The number of aromatic amines is 1. The first kappa shape index (κ1) is 11.4. The van der Waals surface area contributed by atoms with Crippen LogP contribution < -0.4 is 15.2 Å². The lowest BCUT2D eigenvalue weighted by atomic mass is 10.1. The average molecular weight is 310 g/mol. The monoisotopic (exact) mass is 309 g/mol. The number of fused-ring (bicyclic) bond motifs is 1. The van der Waals surface area contributed by atoms with Crippen molar-refractivity contribution in [1.82, 2.24) is 10.2 Å². The summed E-state index contributed by atoms with van der Waals surface area (Å²) in [4.78, 5) is 0. The number of nitrogens with one attached hydrogen (secondary N) is 1. The summed E-state index contributed by atoms with van der Waals surface area (Å²) in [6.45, 7) is 1.29. The van der Waals surface area contributed by atoms with E-state index in [2.05, 4.69) is 26.1 Å². The molecule has 1 aromatic carbocycles. The Kier molecular flexibility index (Phi) is 2.87. The standard InChI is InChI=1S/C12H12BrN3O2/c13-8-3-2-7(9-6-10(14)16-15-9)11-12(8)18-5-1-4-17-11/h2-3,6H,1,4-5H2,(H3,14,15,16). The van der Waals surface area contributed by atoms with Crippen molar-refractivity contribution in [2.75, 3.05) is 18.9 Å². The first-order chi connectivity index (χ1) is 8.75. The van der Waals surface area contributed by atoms with Crippen LogP contribution in [0.2, 0.25) is 0 Å². The summed E-state index contributed by atoms with van der Waals surface area (Å²) >= 11 is 3.47. The molecule has 1 aromatic heterocycles. The van der Waals surface area contributed by atoms with Gasteiger partial charge in [0, 0.05) is 18.1 Å². The lowest BCUT2D eigenvalue weighted by molar-refractivity contribution is 0.296. The molecule has 5 nitrogen and oxygen atoms in total. The number of halogens is 1. The molecule has 2 aromatic rings.